The van der Waals surface area contributed by atoms with Crippen molar-refractivity contribution in [1.82, 2.24) is 14.9 Å². The second-order valence-corrected chi connectivity index (χ2v) is 6.63. The number of halogens is 3. The van der Waals surface area contributed by atoms with Crippen LogP contribution in [0, 0.1) is 5.82 Å². The van der Waals surface area contributed by atoms with E-state index in [0.29, 0.717) is 27.2 Å². The second kappa shape index (κ2) is 8.41. The topological polar surface area (TPSA) is 56.2 Å². The quantitative estimate of drug-likeness (QED) is 0.667. The molecular weight excluding hydrogens is 392 g/mol. The van der Waals surface area contributed by atoms with E-state index in [-0.39, 0.29) is 6.61 Å². The molecule has 0 bridgehead atoms. The molecule has 0 aliphatic heterocycles. The lowest BCUT2D eigenvalue weighted by Crippen LogP contribution is -2.35. The highest BCUT2D eigenvalue weighted by molar-refractivity contribution is 6.34. The molecule has 1 heterocycles. The van der Waals surface area contributed by atoms with Crippen molar-refractivity contribution in [3.05, 3.63) is 82.1 Å². The monoisotopic (exact) mass is 407 g/mol. The fourth-order valence-electron chi connectivity index (χ4n) is 2.58. The lowest BCUT2D eigenvalue weighted by atomic mass is 10.1. The Kier molecular flexibility index (Phi) is 5.98. The minimum absolute atomic E-state index is 0.291. The van der Waals surface area contributed by atoms with Crippen LogP contribution in [-0.2, 0) is 11.8 Å². The smallest absolute Gasteiger partial charge is 0.258 e. The lowest BCUT2D eigenvalue weighted by Gasteiger charge is -2.20. The van der Waals surface area contributed by atoms with Crippen molar-refractivity contribution in [1.29, 1.82) is 0 Å². The zero-order valence-corrected chi connectivity index (χ0v) is 15.8. The zero-order chi connectivity index (χ0) is 19.4. The van der Waals surface area contributed by atoms with Crippen molar-refractivity contribution < 1.29 is 13.9 Å². The van der Waals surface area contributed by atoms with Gasteiger partial charge in [0.15, 0.2) is 6.61 Å². The van der Waals surface area contributed by atoms with Gasteiger partial charge < -0.3 is 14.6 Å². The second-order valence-electron chi connectivity index (χ2n) is 5.78. The van der Waals surface area contributed by atoms with E-state index in [2.05, 4.69) is 10.3 Å². The number of nitrogens with zero attached hydrogens (tertiary/aromatic N) is 2. The van der Waals surface area contributed by atoms with Gasteiger partial charge >= 0.3 is 0 Å². The number of carbonyl (C=O) groups excluding carboxylic acids is 1. The zero-order valence-electron chi connectivity index (χ0n) is 14.3. The first kappa shape index (κ1) is 19.2. The first-order valence-corrected chi connectivity index (χ1v) is 8.80. The number of aryl methyl sites for hydroxylation is 1. The Morgan fingerprint density at radius 2 is 2.07 bits per heavy atom. The third-order valence-corrected chi connectivity index (χ3v) is 4.44. The molecule has 3 rings (SSSR count). The number of hydrogen-bond donors (Lipinski definition) is 1. The highest BCUT2D eigenvalue weighted by Gasteiger charge is 2.23. The van der Waals surface area contributed by atoms with Crippen LogP contribution in [-0.4, -0.2) is 22.1 Å². The molecule has 2 aromatic carbocycles. The van der Waals surface area contributed by atoms with Crippen molar-refractivity contribution in [2.75, 3.05) is 6.61 Å². The Morgan fingerprint density at radius 3 is 2.78 bits per heavy atom. The summed E-state index contributed by atoms with van der Waals surface area (Å²) in [5, 5.41) is 3.53. The van der Waals surface area contributed by atoms with E-state index in [0.717, 1.165) is 0 Å². The average molecular weight is 408 g/mol. The number of rotatable bonds is 6. The largest absolute Gasteiger partial charge is 0.482 e. The number of amides is 1. The molecule has 0 aliphatic rings. The number of hydrogen-bond acceptors (Lipinski definition) is 3. The molecule has 0 spiro atoms. The van der Waals surface area contributed by atoms with Gasteiger partial charge in [-0.05, 0) is 18.2 Å². The summed E-state index contributed by atoms with van der Waals surface area (Å²) in [5.41, 5.74) is 0.306. The fraction of sp³-hybridized carbons (Fsp3) is 0.158. The summed E-state index contributed by atoms with van der Waals surface area (Å²) in [6, 6.07) is 10.2. The van der Waals surface area contributed by atoms with E-state index < -0.39 is 17.8 Å². The van der Waals surface area contributed by atoms with Gasteiger partial charge in [0, 0.05) is 36.1 Å². The van der Waals surface area contributed by atoms with Crippen molar-refractivity contribution in [3.63, 3.8) is 0 Å². The molecule has 0 saturated carbocycles. The summed E-state index contributed by atoms with van der Waals surface area (Å²) < 4.78 is 21.5. The molecule has 1 amide bonds. The van der Waals surface area contributed by atoms with Gasteiger partial charge in [0.05, 0.1) is 5.02 Å². The van der Waals surface area contributed by atoms with E-state index in [9.17, 15) is 9.18 Å². The maximum absolute atomic E-state index is 14.3. The van der Waals surface area contributed by atoms with Crippen molar-refractivity contribution >= 4 is 29.1 Å². The Labute approximate surface area is 165 Å². The van der Waals surface area contributed by atoms with E-state index in [4.69, 9.17) is 27.9 Å². The summed E-state index contributed by atoms with van der Waals surface area (Å²) in [5.74, 6) is -0.111. The molecular formula is C19H16Cl2FN3O2. The highest BCUT2D eigenvalue weighted by Crippen LogP contribution is 2.28. The van der Waals surface area contributed by atoms with Gasteiger partial charge in [0.25, 0.3) is 5.91 Å². The molecule has 1 atom stereocenters. The van der Waals surface area contributed by atoms with Crippen LogP contribution in [0.2, 0.25) is 10.0 Å². The molecule has 8 heteroatoms. The Morgan fingerprint density at radius 1 is 1.30 bits per heavy atom. The van der Waals surface area contributed by atoms with Crippen LogP contribution >= 0.6 is 23.2 Å². The summed E-state index contributed by atoms with van der Waals surface area (Å²) >= 11 is 11.9. The number of ether oxygens (including phenoxy) is 1. The molecule has 27 heavy (non-hydrogen) atoms. The SMILES string of the molecule is Cn1ccnc1[C@@H](NC(=O)COc1cc(Cl)ccc1Cl)c1ccccc1F. The van der Waals surface area contributed by atoms with Gasteiger partial charge in [-0.2, -0.15) is 0 Å². The van der Waals surface area contributed by atoms with Crippen LogP contribution in [0.4, 0.5) is 4.39 Å². The van der Waals surface area contributed by atoms with Crippen molar-refractivity contribution in [3.8, 4) is 5.75 Å². The van der Waals surface area contributed by atoms with Crippen LogP contribution < -0.4 is 10.1 Å². The summed E-state index contributed by atoms with van der Waals surface area (Å²) in [6.45, 7) is -0.310. The molecule has 3 aromatic rings. The first-order valence-electron chi connectivity index (χ1n) is 8.04. The molecule has 0 fully saturated rings. The normalized spacial score (nSPS) is 11.9. The van der Waals surface area contributed by atoms with Gasteiger partial charge in [-0.15, -0.1) is 0 Å². The third-order valence-electron chi connectivity index (χ3n) is 3.89. The molecule has 0 radical (unpaired) electrons. The van der Waals surface area contributed by atoms with Crippen LogP contribution in [0.5, 0.6) is 5.75 Å². The van der Waals surface area contributed by atoms with E-state index in [1.54, 1.807) is 54.3 Å². The molecule has 0 saturated heterocycles. The van der Waals surface area contributed by atoms with E-state index >= 15 is 0 Å². The maximum Gasteiger partial charge on any atom is 0.258 e. The third kappa shape index (κ3) is 4.59. The van der Waals surface area contributed by atoms with Crippen molar-refractivity contribution in [2.45, 2.75) is 6.04 Å². The van der Waals surface area contributed by atoms with E-state index in [1.807, 2.05) is 0 Å². The molecule has 1 N–H and O–H groups in total. The average Bonchev–Trinajstić information content (AvgIpc) is 3.07. The van der Waals surface area contributed by atoms with Gasteiger partial charge in [0.1, 0.15) is 23.4 Å². The van der Waals surface area contributed by atoms with Crippen molar-refractivity contribution in [2.24, 2.45) is 7.05 Å². The minimum atomic E-state index is -0.767. The first-order chi connectivity index (χ1) is 13.0. The molecule has 1 aromatic heterocycles. The number of imidazole rings is 1. The maximum atomic E-state index is 14.3. The Bertz CT molecular complexity index is 962. The molecule has 140 valence electrons. The highest BCUT2D eigenvalue weighted by atomic mass is 35.5. The summed E-state index contributed by atoms with van der Waals surface area (Å²) in [7, 11) is 1.77. The summed E-state index contributed by atoms with van der Waals surface area (Å²) in [4.78, 5) is 16.7. The predicted octanol–water partition coefficient (Wildman–Crippen LogP) is 4.15. The Balaban J connectivity index is 1.78. The standard InChI is InChI=1S/C19H16Cl2FN3O2/c1-25-9-8-23-19(25)18(13-4-2-3-5-15(13)22)24-17(26)11-27-16-10-12(20)6-7-14(16)21/h2-10,18H,11H2,1H3,(H,24,26)/t18-/m0/s1. The molecule has 0 unspecified atom stereocenters. The fourth-order valence-corrected chi connectivity index (χ4v) is 2.91. The van der Waals surface area contributed by atoms with Gasteiger partial charge in [-0.3, -0.25) is 4.79 Å². The van der Waals surface area contributed by atoms with Crippen LogP contribution in [0.15, 0.2) is 54.9 Å². The summed E-state index contributed by atoms with van der Waals surface area (Å²) in [6.07, 6.45) is 3.30. The minimum Gasteiger partial charge on any atom is -0.482 e. The molecule has 0 aliphatic carbocycles. The van der Waals surface area contributed by atoms with Gasteiger partial charge in [0.2, 0.25) is 0 Å². The van der Waals surface area contributed by atoms with Crippen LogP contribution in [0.25, 0.3) is 0 Å². The predicted molar refractivity (Wildman–Crippen MR) is 102 cm³/mol. The van der Waals surface area contributed by atoms with Crippen LogP contribution in [0.3, 0.4) is 0 Å². The van der Waals surface area contributed by atoms with Gasteiger partial charge in [-0.25, -0.2) is 9.37 Å². The number of aromatic nitrogens is 2. The number of nitrogens with one attached hydrogen (secondary N) is 1. The molecule has 5 nitrogen and oxygen atoms in total. The van der Waals surface area contributed by atoms with Gasteiger partial charge in [-0.1, -0.05) is 41.4 Å². The number of carbonyl (C=O) groups is 1. The van der Waals surface area contributed by atoms with Crippen LogP contribution in [0.1, 0.15) is 17.4 Å². The Hall–Kier alpha value is -2.57. The number of benzene rings is 2. The van der Waals surface area contributed by atoms with E-state index in [1.165, 1.54) is 12.1 Å². The lowest BCUT2D eigenvalue weighted by molar-refractivity contribution is -0.123.